The third kappa shape index (κ3) is 4.07. The molecule has 1 fully saturated rings. The Balaban J connectivity index is 1.57. The summed E-state index contributed by atoms with van der Waals surface area (Å²) in [7, 11) is 0. The standard InChI is InChI=1S/C18H17F3N2O3/c19-18(20,21)15-3-1-2-13(10-15)11-16(24)22-5-7-23(8-6-22)17(25)14-4-9-26-12-14/h1-4,9-10,12H,5-8,11H2. The maximum absolute atomic E-state index is 12.8. The quantitative estimate of drug-likeness (QED) is 0.839. The van der Waals surface area contributed by atoms with Crippen molar-refractivity contribution in [3.8, 4) is 0 Å². The molecule has 1 aromatic carbocycles. The van der Waals surface area contributed by atoms with E-state index in [-0.39, 0.29) is 18.2 Å². The van der Waals surface area contributed by atoms with Crippen molar-refractivity contribution in [3.05, 3.63) is 59.5 Å². The van der Waals surface area contributed by atoms with Gasteiger partial charge in [0.05, 0.1) is 23.8 Å². The highest BCUT2D eigenvalue weighted by molar-refractivity contribution is 5.94. The van der Waals surface area contributed by atoms with Crippen LogP contribution in [0.25, 0.3) is 0 Å². The van der Waals surface area contributed by atoms with E-state index < -0.39 is 11.7 Å². The Morgan fingerprint density at radius 3 is 2.35 bits per heavy atom. The van der Waals surface area contributed by atoms with Crippen LogP contribution in [0, 0.1) is 0 Å². The van der Waals surface area contributed by atoms with Crippen LogP contribution in [-0.2, 0) is 17.4 Å². The lowest BCUT2D eigenvalue weighted by Gasteiger charge is -2.34. The predicted octanol–water partition coefficient (Wildman–Crippen LogP) is 2.83. The smallest absolute Gasteiger partial charge is 0.416 e. The number of carbonyl (C=O) groups excluding carboxylic acids is 2. The average molecular weight is 366 g/mol. The molecular formula is C18H17F3N2O3. The van der Waals surface area contributed by atoms with E-state index in [1.807, 2.05) is 0 Å². The summed E-state index contributed by atoms with van der Waals surface area (Å²) in [5, 5.41) is 0. The van der Waals surface area contributed by atoms with Gasteiger partial charge in [0.1, 0.15) is 6.26 Å². The summed E-state index contributed by atoms with van der Waals surface area (Å²) in [5.74, 6) is -0.413. The number of halogens is 3. The number of rotatable bonds is 3. The van der Waals surface area contributed by atoms with Gasteiger partial charge in [0.2, 0.25) is 5.91 Å². The van der Waals surface area contributed by atoms with Gasteiger partial charge in [0.15, 0.2) is 0 Å². The van der Waals surface area contributed by atoms with Gasteiger partial charge in [-0.2, -0.15) is 13.2 Å². The van der Waals surface area contributed by atoms with E-state index in [2.05, 4.69) is 0 Å². The number of hydrogen-bond acceptors (Lipinski definition) is 3. The molecule has 1 aliphatic rings. The van der Waals surface area contributed by atoms with Gasteiger partial charge in [-0.1, -0.05) is 18.2 Å². The molecule has 1 aliphatic heterocycles. The lowest BCUT2D eigenvalue weighted by molar-refractivity contribution is -0.138. The van der Waals surface area contributed by atoms with E-state index in [9.17, 15) is 22.8 Å². The number of alkyl halides is 3. The number of benzene rings is 1. The highest BCUT2D eigenvalue weighted by atomic mass is 19.4. The summed E-state index contributed by atoms with van der Waals surface area (Å²) in [5.41, 5.74) is 0.00815. The minimum atomic E-state index is -4.43. The first-order chi connectivity index (χ1) is 12.3. The molecule has 0 spiro atoms. The van der Waals surface area contributed by atoms with Gasteiger partial charge in [-0.15, -0.1) is 0 Å². The van der Waals surface area contributed by atoms with Crippen LogP contribution in [0.15, 0.2) is 47.3 Å². The fourth-order valence-corrected chi connectivity index (χ4v) is 2.87. The summed E-state index contributed by atoms with van der Waals surface area (Å²) in [6, 6.07) is 6.36. The highest BCUT2D eigenvalue weighted by Gasteiger charge is 2.31. The van der Waals surface area contributed by atoms with Gasteiger partial charge < -0.3 is 14.2 Å². The van der Waals surface area contributed by atoms with Crippen LogP contribution in [0.4, 0.5) is 13.2 Å². The van der Waals surface area contributed by atoms with Crippen molar-refractivity contribution in [1.29, 1.82) is 0 Å². The van der Waals surface area contributed by atoms with Crippen LogP contribution >= 0.6 is 0 Å². The second-order valence-corrected chi connectivity index (χ2v) is 6.06. The zero-order chi connectivity index (χ0) is 18.7. The second kappa shape index (κ2) is 7.23. The molecular weight excluding hydrogens is 349 g/mol. The van der Waals surface area contributed by atoms with Crippen LogP contribution in [0.1, 0.15) is 21.5 Å². The van der Waals surface area contributed by atoms with Crippen molar-refractivity contribution in [2.24, 2.45) is 0 Å². The Bertz CT molecular complexity index is 779. The molecule has 0 radical (unpaired) electrons. The molecule has 0 saturated carbocycles. The molecule has 1 aromatic heterocycles. The van der Waals surface area contributed by atoms with E-state index in [0.29, 0.717) is 37.3 Å². The summed E-state index contributed by atoms with van der Waals surface area (Å²) in [6.07, 6.45) is -1.74. The fraction of sp³-hybridized carbons (Fsp3) is 0.333. The lowest BCUT2D eigenvalue weighted by atomic mass is 10.1. The van der Waals surface area contributed by atoms with Gasteiger partial charge in [-0.3, -0.25) is 9.59 Å². The number of piperazine rings is 1. The van der Waals surface area contributed by atoms with Crippen LogP contribution in [0.3, 0.4) is 0 Å². The molecule has 0 N–H and O–H groups in total. The summed E-state index contributed by atoms with van der Waals surface area (Å²) in [6.45, 7) is 1.44. The molecule has 1 saturated heterocycles. The molecule has 2 aromatic rings. The Morgan fingerprint density at radius 2 is 1.73 bits per heavy atom. The van der Waals surface area contributed by atoms with Crippen LogP contribution in [0.5, 0.6) is 0 Å². The third-order valence-corrected chi connectivity index (χ3v) is 4.30. The number of furan rings is 1. The molecule has 26 heavy (non-hydrogen) atoms. The van der Waals surface area contributed by atoms with Crippen molar-refractivity contribution < 1.29 is 27.2 Å². The monoisotopic (exact) mass is 366 g/mol. The topological polar surface area (TPSA) is 53.8 Å². The maximum atomic E-state index is 12.8. The van der Waals surface area contributed by atoms with Crippen molar-refractivity contribution in [3.63, 3.8) is 0 Å². The van der Waals surface area contributed by atoms with Crippen LogP contribution < -0.4 is 0 Å². The lowest BCUT2D eigenvalue weighted by Crippen LogP contribution is -2.50. The minimum absolute atomic E-state index is 0.0976. The molecule has 0 unspecified atom stereocenters. The largest absolute Gasteiger partial charge is 0.472 e. The fourth-order valence-electron chi connectivity index (χ4n) is 2.87. The Kier molecular flexibility index (Phi) is 5.01. The van der Waals surface area contributed by atoms with Gasteiger partial charge in [-0.05, 0) is 17.7 Å². The van der Waals surface area contributed by atoms with Crippen molar-refractivity contribution >= 4 is 11.8 Å². The van der Waals surface area contributed by atoms with Gasteiger partial charge in [0.25, 0.3) is 5.91 Å². The molecule has 0 bridgehead atoms. The average Bonchev–Trinajstić information content (AvgIpc) is 3.15. The maximum Gasteiger partial charge on any atom is 0.416 e. The molecule has 2 heterocycles. The van der Waals surface area contributed by atoms with E-state index in [1.165, 1.54) is 24.7 Å². The number of amides is 2. The number of hydrogen-bond donors (Lipinski definition) is 0. The van der Waals surface area contributed by atoms with E-state index in [0.717, 1.165) is 12.1 Å². The third-order valence-electron chi connectivity index (χ3n) is 4.30. The highest BCUT2D eigenvalue weighted by Crippen LogP contribution is 2.29. The minimum Gasteiger partial charge on any atom is -0.472 e. The predicted molar refractivity (Wildman–Crippen MR) is 86.3 cm³/mol. The van der Waals surface area contributed by atoms with E-state index >= 15 is 0 Å². The molecule has 138 valence electrons. The normalized spacial score (nSPS) is 15.2. The van der Waals surface area contributed by atoms with Crippen LogP contribution in [0.2, 0.25) is 0 Å². The SMILES string of the molecule is O=C(Cc1cccc(C(F)(F)F)c1)N1CCN(C(=O)c2ccoc2)CC1. The number of nitrogens with zero attached hydrogens (tertiary/aromatic N) is 2. The Morgan fingerprint density at radius 1 is 1.04 bits per heavy atom. The first-order valence-electron chi connectivity index (χ1n) is 8.10. The summed E-state index contributed by atoms with van der Waals surface area (Å²) >= 11 is 0. The van der Waals surface area contributed by atoms with Crippen molar-refractivity contribution in [1.82, 2.24) is 9.80 Å². The first-order valence-corrected chi connectivity index (χ1v) is 8.10. The van der Waals surface area contributed by atoms with Gasteiger partial charge >= 0.3 is 6.18 Å². The summed E-state index contributed by atoms with van der Waals surface area (Å²) in [4.78, 5) is 27.8. The zero-order valence-corrected chi connectivity index (χ0v) is 13.8. The Labute approximate surface area is 148 Å². The Hall–Kier alpha value is -2.77. The van der Waals surface area contributed by atoms with Crippen molar-refractivity contribution in [2.75, 3.05) is 26.2 Å². The molecule has 5 nitrogen and oxygen atoms in total. The molecule has 3 rings (SSSR count). The summed E-state index contributed by atoms with van der Waals surface area (Å²) < 4.78 is 43.2. The number of carbonyl (C=O) groups is 2. The van der Waals surface area contributed by atoms with E-state index in [1.54, 1.807) is 15.9 Å². The second-order valence-electron chi connectivity index (χ2n) is 6.06. The molecule has 8 heteroatoms. The van der Waals surface area contributed by atoms with Gasteiger partial charge in [-0.25, -0.2) is 0 Å². The molecule has 2 amide bonds. The zero-order valence-electron chi connectivity index (χ0n) is 13.8. The van der Waals surface area contributed by atoms with E-state index in [4.69, 9.17) is 4.42 Å². The van der Waals surface area contributed by atoms with Gasteiger partial charge in [0, 0.05) is 26.2 Å². The van der Waals surface area contributed by atoms with Crippen LogP contribution in [-0.4, -0.2) is 47.8 Å². The molecule has 0 atom stereocenters. The molecule has 0 aliphatic carbocycles. The first kappa shape index (κ1) is 18.0. The van der Waals surface area contributed by atoms with Crippen molar-refractivity contribution in [2.45, 2.75) is 12.6 Å².